The lowest BCUT2D eigenvalue weighted by atomic mass is 9.84. The van der Waals surface area contributed by atoms with E-state index in [0.29, 0.717) is 10.8 Å². The van der Waals surface area contributed by atoms with Gasteiger partial charge in [-0.2, -0.15) is 11.8 Å². The van der Waals surface area contributed by atoms with Gasteiger partial charge in [0.15, 0.2) is 5.17 Å². The molecule has 1 heterocycles. The van der Waals surface area contributed by atoms with Gasteiger partial charge in [-0.25, -0.2) is 0 Å². The fraction of sp³-hybridized carbons (Fsp3) is 0.917. The fourth-order valence-corrected chi connectivity index (χ4v) is 4.06. The molecular formula is C12H22N2S2. The van der Waals surface area contributed by atoms with Crippen molar-refractivity contribution in [3.8, 4) is 0 Å². The molecule has 2 fully saturated rings. The van der Waals surface area contributed by atoms with E-state index in [9.17, 15) is 0 Å². The van der Waals surface area contributed by atoms with Crippen molar-refractivity contribution in [2.24, 2.45) is 10.9 Å². The highest BCUT2D eigenvalue weighted by Gasteiger charge is 2.36. The van der Waals surface area contributed by atoms with Crippen LogP contribution in [0.15, 0.2) is 4.99 Å². The summed E-state index contributed by atoms with van der Waals surface area (Å²) in [6.45, 7) is 5.56. The van der Waals surface area contributed by atoms with Crippen LogP contribution in [0, 0.1) is 5.92 Å². The van der Waals surface area contributed by atoms with E-state index in [-0.39, 0.29) is 0 Å². The molecule has 0 aromatic carbocycles. The van der Waals surface area contributed by atoms with Gasteiger partial charge in [0.05, 0.1) is 6.54 Å². The largest absolute Gasteiger partial charge is 0.362 e. The molecule has 4 heteroatoms. The highest BCUT2D eigenvalue weighted by molar-refractivity contribution is 8.13. The Morgan fingerprint density at radius 3 is 2.75 bits per heavy atom. The number of amidine groups is 1. The molecule has 2 atom stereocenters. The summed E-state index contributed by atoms with van der Waals surface area (Å²) < 4.78 is 0.474. The van der Waals surface area contributed by atoms with Crippen molar-refractivity contribution < 1.29 is 0 Å². The first-order valence-corrected chi connectivity index (χ1v) is 8.35. The van der Waals surface area contributed by atoms with Gasteiger partial charge in [0.2, 0.25) is 0 Å². The van der Waals surface area contributed by atoms with E-state index >= 15 is 0 Å². The van der Waals surface area contributed by atoms with Gasteiger partial charge < -0.3 is 5.32 Å². The summed E-state index contributed by atoms with van der Waals surface area (Å²) in [6.07, 6.45) is 6.31. The summed E-state index contributed by atoms with van der Waals surface area (Å²) in [7, 11) is 0. The van der Waals surface area contributed by atoms with Gasteiger partial charge in [-0.15, -0.1) is 0 Å². The van der Waals surface area contributed by atoms with Crippen LogP contribution < -0.4 is 5.32 Å². The van der Waals surface area contributed by atoms with Crippen LogP contribution in [0.3, 0.4) is 0 Å². The van der Waals surface area contributed by atoms with E-state index in [0.717, 1.165) is 12.5 Å². The Bertz CT molecular complexity index is 269. The number of nitrogens with one attached hydrogen (secondary N) is 1. The van der Waals surface area contributed by atoms with Crippen LogP contribution in [0.1, 0.15) is 33.1 Å². The van der Waals surface area contributed by atoms with Crippen LogP contribution in [0.5, 0.6) is 0 Å². The lowest BCUT2D eigenvalue weighted by Gasteiger charge is -2.39. The minimum Gasteiger partial charge on any atom is -0.362 e. The normalized spacial score (nSPS) is 35.6. The molecule has 1 N–H and O–H groups in total. The minimum atomic E-state index is 0.474. The molecule has 2 unspecified atom stereocenters. The first-order chi connectivity index (χ1) is 7.65. The first kappa shape index (κ1) is 12.6. The Morgan fingerprint density at radius 1 is 1.50 bits per heavy atom. The Kier molecular flexibility index (Phi) is 4.11. The zero-order chi connectivity index (χ0) is 11.6. The Labute approximate surface area is 107 Å². The molecular weight excluding hydrogens is 236 g/mol. The second-order valence-corrected chi connectivity index (χ2v) is 7.37. The molecule has 2 rings (SSSR count). The zero-order valence-corrected chi connectivity index (χ0v) is 12.1. The molecule has 2 nitrogen and oxygen atoms in total. The molecule has 0 radical (unpaired) electrons. The van der Waals surface area contributed by atoms with Crippen molar-refractivity contribution in [1.29, 1.82) is 0 Å². The minimum absolute atomic E-state index is 0.474. The van der Waals surface area contributed by atoms with Gasteiger partial charge in [0.25, 0.3) is 0 Å². The van der Waals surface area contributed by atoms with E-state index < -0.39 is 0 Å². The standard InChI is InChI=1S/C12H22N2S2/c1-9-7-16-11(14-10(9)2)13-8-12(15-3)5-4-6-12/h9-10H,4-8H2,1-3H3,(H,13,14). The average molecular weight is 258 g/mol. The van der Waals surface area contributed by atoms with Gasteiger partial charge in [0.1, 0.15) is 0 Å². The van der Waals surface area contributed by atoms with Crippen LogP contribution in [0.2, 0.25) is 0 Å². The van der Waals surface area contributed by atoms with Gasteiger partial charge in [0, 0.05) is 16.5 Å². The highest BCUT2D eigenvalue weighted by atomic mass is 32.2. The van der Waals surface area contributed by atoms with Crippen LogP contribution in [-0.4, -0.2) is 34.5 Å². The molecule has 0 aromatic heterocycles. The maximum atomic E-state index is 4.78. The van der Waals surface area contributed by atoms with Gasteiger partial charge in [-0.1, -0.05) is 25.1 Å². The van der Waals surface area contributed by atoms with Crippen molar-refractivity contribution in [2.75, 3.05) is 18.6 Å². The maximum Gasteiger partial charge on any atom is 0.156 e. The summed E-state index contributed by atoms with van der Waals surface area (Å²) >= 11 is 3.90. The van der Waals surface area contributed by atoms with E-state index in [4.69, 9.17) is 4.99 Å². The molecule has 0 amide bonds. The van der Waals surface area contributed by atoms with Crippen molar-refractivity contribution in [3.63, 3.8) is 0 Å². The average Bonchev–Trinajstić information content (AvgIpc) is 2.22. The van der Waals surface area contributed by atoms with E-state index in [1.165, 1.54) is 30.2 Å². The second kappa shape index (κ2) is 5.21. The third kappa shape index (κ3) is 2.70. The number of hydrogen-bond donors (Lipinski definition) is 1. The molecule has 1 aliphatic carbocycles. The Morgan fingerprint density at radius 2 is 2.25 bits per heavy atom. The van der Waals surface area contributed by atoms with Crippen molar-refractivity contribution in [3.05, 3.63) is 0 Å². The molecule has 1 aliphatic heterocycles. The summed E-state index contributed by atoms with van der Waals surface area (Å²) in [6, 6.07) is 0.576. The van der Waals surface area contributed by atoms with Gasteiger partial charge >= 0.3 is 0 Å². The number of nitrogens with zero attached hydrogens (tertiary/aromatic N) is 1. The molecule has 2 aliphatic rings. The molecule has 0 aromatic rings. The summed E-state index contributed by atoms with van der Waals surface area (Å²) in [5.41, 5.74) is 0. The molecule has 16 heavy (non-hydrogen) atoms. The second-order valence-electron chi connectivity index (χ2n) is 5.08. The molecule has 0 spiro atoms. The molecule has 0 bridgehead atoms. The monoisotopic (exact) mass is 258 g/mol. The van der Waals surface area contributed by atoms with Gasteiger partial charge in [-0.3, -0.25) is 4.99 Å². The van der Waals surface area contributed by atoms with Crippen LogP contribution in [0.25, 0.3) is 0 Å². The number of aliphatic imine (C=N–C) groups is 1. The zero-order valence-electron chi connectivity index (χ0n) is 10.5. The number of rotatable bonds is 3. The van der Waals surface area contributed by atoms with Crippen LogP contribution in [0.4, 0.5) is 0 Å². The van der Waals surface area contributed by atoms with E-state index in [2.05, 4.69) is 25.4 Å². The van der Waals surface area contributed by atoms with Crippen molar-refractivity contribution in [2.45, 2.75) is 43.9 Å². The lowest BCUT2D eigenvalue weighted by molar-refractivity contribution is 0.372. The quantitative estimate of drug-likeness (QED) is 0.842. The Hall–Kier alpha value is 0.170. The van der Waals surface area contributed by atoms with E-state index in [1.807, 2.05) is 23.5 Å². The third-order valence-electron chi connectivity index (χ3n) is 3.90. The topological polar surface area (TPSA) is 24.4 Å². The fourth-order valence-electron chi connectivity index (χ4n) is 2.04. The maximum absolute atomic E-state index is 4.78. The lowest BCUT2D eigenvalue weighted by Crippen LogP contribution is -2.43. The Balaban J connectivity index is 1.87. The van der Waals surface area contributed by atoms with Crippen LogP contribution in [-0.2, 0) is 0 Å². The SMILES string of the molecule is CSC1(CN=C2NC(C)C(C)CS2)CCC1. The highest BCUT2D eigenvalue weighted by Crippen LogP contribution is 2.43. The third-order valence-corrected chi connectivity index (χ3v) is 6.51. The smallest absolute Gasteiger partial charge is 0.156 e. The number of thioether (sulfide) groups is 2. The van der Waals surface area contributed by atoms with Crippen molar-refractivity contribution >= 4 is 28.7 Å². The summed E-state index contributed by atoms with van der Waals surface area (Å²) in [5.74, 6) is 1.96. The molecule has 92 valence electrons. The van der Waals surface area contributed by atoms with Gasteiger partial charge in [-0.05, 0) is 31.9 Å². The molecule has 1 saturated carbocycles. The predicted octanol–water partition coefficient (Wildman–Crippen LogP) is 2.99. The van der Waals surface area contributed by atoms with Crippen molar-refractivity contribution in [1.82, 2.24) is 5.32 Å². The predicted molar refractivity (Wildman–Crippen MR) is 76.6 cm³/mol. The summed E-state index contributed by atoms with van der Waals surface area (Å²) in [4.78, 5) is 4.78. The number of hydrogen-bond acceptors (Lipinski definition) is 3. The van der Waals surface area contributed by atoms with E-state index in [1.54, 1.807) is 0 Å². The first-order valence-electron chi connectivity index (χ1n) is 6.14. The van der Waals surface area contributed by atoms with Crippen LogP contribution >= 0.6 is 23.5 Å². The summed E-state index contributed by atoms with van der Waals surface area (Å²) in [5, 5.41) is 4.69. The molecule has 1 saturated heterocycles.